The molecule has 6 heteroatoms. The van der Waals surface area contributed by atoms with Gasteiger partial charge in [-0.05, 0) is 29.3 Å². The van der Waals surface area contributed by atoms with Gasteiger partial charge in [0, 0.05) is 26.3 Å². The monoisotopic (exact) mass is 372 g/mol. The number of aromatic nitrogens is 1. The van der Waals surface area contributed by atoms with Crippen LogP contribution in [0.15, 0.2) is 72.9 Å². The van der Waals surface area contributed by atoms with Crippen molar-refractivity contribution in [3.63, 3.8) is 0 Å². The molecule has 3 rings (SSSR count). The second-order valence-corrected chi connectivity index (χ2v) is 6.32. The molecule has 2 aromatic carbocycles. The minimum Gasteiger partial charge on any atom is -0.339 e. The molecule has 0 saturated heterocycles. The highest BCUT2D eigenvalue weighted by Gasteiger charge is 2.33. The smallest absolute Gasteiger partial charge is 0.339 e. The molecule has 1 heterocycles. The second kappa shape index (κ2) is 7.70. The fourth-order valence-corrected chi connectivity index (χ4v) is 2.98. The molecule has 27 heavy (non-hydrogen) atoms. The lowest BCUT2D eigenvalue weighted by molar-refractivity contribution is -0.138. The molecular formula is C21H19F3N2O. The predicted molar refractivity (Wildman–Crippen MR) is 97.2 cm³/mol. The molecule has 0 aliphatic carbocycles. The average molecular weight is 372 g/mol. The van der Waals surface area contributed by atoms with Gasteiger partial charge in [-0.15, -0.1) is 0 Å². The van der Waals surface area contributed by atoms with Crippen molar-refractivity contribution in [2.24, 2.45) is 0 Å². The van der Waals surface area contributed by atoms with Crippen molar-refractivity contribution in [2.75, 3.05) is 7.05 Å². The van der Waals surface area contributed by atoms with Crippen molar-refractivity contribution in [1.82, 2.24) is 9.47 Å². The third-order valence-corrected chi connectivity index (χ3v) is 4.32. The van der Waals surface area contributed by atoms with E-state index >= 15 is 0 Å². The zero-order chi connectivity index (χ0) is 19.4. The molecule has 0 N–H and O–H groups in total. The molecule has 0 aliphatic rings. The first kappa shape index (κ1) is 18.8. The lowest BCUT2D eigenvalue weighted by atomic mass is 10.1. The first-order valence-corrected chi connectivity index (χ1v) is 8.46. The van der Waals surface area contributed by atoms with Crippen molar-refractivity contribution in [3.8, 4) is 0 Å². The molecule has 0 unspecified atom stereocenters. The van der Waals surface area contributed by atoms with E-state index in [0.717, 1.165) is 11.6 Å². The van der Waals surface area contributed by atoms with E-state index in [1.54, 1.807) is 29.0 Å². The summed E-state index contributed by atoms with van der Waals surface area (Å²) in [6.45, 7) is 0.396. The van der Waals surface area contributed by atoms with Crippen molar-refractivity contribution in [1.29, 1.82) is 0 Å². The Hall–Kier alpha value is -3.02. The van der Waals surface area contributed by atoms with Gasteiger partial charge in [-0.25, -0.2) is 0 Å². The lowest BCUT2D eigenvalue weighted by Crippen LogP contribution is -2.29. The molecule has 0 saturated carbocycles. The number of carbonyl (C=O) groups is 1. The zero-order valence-corrected chi connectivity index (χ0v) is 14.8. The van der Waals surface area contributed by atoms with Crippen LogP contribution < -0.4 is 0 Å². The van der Waals surface area contributed by atoms with Crippen molar-refractivity contribution < 1.29 is 18.0 Å². The molecule has 0 bridgehead atoms. The summed E-state index contributed by atoms with van der Waals surface area (Å²) in [6.07, 6.45) is -2.66. The quantitative estimate of drug-likeness (QED) is 0.630. The molecule has 3 nitrogen and oxygen atoms in total. The Labute approximate surface area is 155 Å². The largest absolute Gasteiger partial charge is 0.416 e. The maximum atomic E-state index is 13.2. The second-order valence-electron chi connectivity index (χ2n) is 6.32. The minimum absolute atomic E-state index is 0.0713. The van der Waals surface area contributed by atoms with Crippen LogP contribution >= 0.6 is 0 Å². The number of alkyl halides is 3. The Morgan fingerprint density at radius 2 is 1.63 bits per heavy atom. The topological polar surface area (TPSA) is 25.2 Å². The van der Waals surface area contributed by atoms with E-state index in [-0.39, 0.29) is 18.0 Å². The summed E-state index contributed by atoms with van der Waals surface area (Å²) in [4.78, 5) is 14.1. The maximum Gasteiger partial charge on any atom is 0.416 e. The van der Waals surface area contributed by atoms with Gasteiger partial charge in [0.1, 0.15) is 5.69 Å². The molecule has 140 valence electrons. The van der Waals surface area contributed by atoms with Gasteiger partial charge < -0.3 is 9.47 Å². The van der Waals surface area contributed by atoms with E-state index in [2.05, 4.69) is 0 Å². The number of rotatable bonds is 5. The van der Waals surface area contributed by atoms with Crippen LogP contribution in [0.2, 0.25) is 0 Å². The van der Waals surface area contributed by atoms with Gasteiger partial charge in [-0.3, -0.25) is 4.79 Å². The first-order chi connectivity index (χ1) is 12.9. The van der Waals surface area contributed by atoms with E-state index in [1.165, 1.54) is 24.1 Å². The van der Waals surface area contributed by atoms with E-state index in [9.17, 15) is 18.0 Å². The van der Waals surface area contributed by atoms with Crippen LogP contribution in [0.4, 0.5) is 13.2 Å². The number of hydrogen-bond donors (Lipinski definition) is 0. The third kappa shape index (κ3) is 4.39. The third-order valence-electron chi connectivity index (χ3n) is 4.32. The number of halogens is 3. The van der Waals surface area contributed by atoms with Gasteiger partial charge in [0.05, 0.1) is 5.56 Å². The highest BCUT2D eigenvalue weighted by Crippen LogP contribution is 2.32. The summed E-state index contributed by atoms with van der Waals surface area (Å²) < 4.78 is 41.3. The fourth-order valence-electron chi connectivity index (χ4n) is 2.98. The van der Waals surface area contributed by atoms with E-state index in [1.807, 2.05) is 30.3 Å². The number of amides is 1. The van der Waals surface area contributed by atoms with Gasteiger partial charge >= 0.3 is 6.18 Å². The molecule has 0 fully saturated rings. The normalized spacial score (nSPS) is 11.4. The predicted octanol–water partition coefficient (Wildman–Crippen LogP) is 4.83. The fraction of sp³-hybridized carbons (Fsp3) is 0.190. The molecule has 0 spiro atoms. The van der Waals surface area contributed by atoms with Crippen LogP contribution in [0.3, 0.4) is 0 Å². The molecule has 0 aliphatic heterocycles. The average Bonchev–Trinajstić information content (AvgIpc) is 3.09. The summed E-state index contributed by atoms with van der Waals surface area (Å²) in [7, 11) is 1.51. The van der Waals surface area contributed by atoms with Crippen LogP contribution in [0.5, 0.6) is 0 Å². The van der Waals surface area contributed by atoms with Crippen LogP contribution in [0.1, 0.15) is 27.2 Å². The number of carbonyl (C=O) groups excluding carboxylic acids is 1. The van der Waals surface area contributed by atoms with Crippen LogP contribution in [0, 0.1) is 0 Å². The standard InChI is InChI=1S/C21H19F3N2O/c1-25(15-17-10-5-6-11-18(17)21(22,23)24)20(27)19-12-7-13-26(19)14-16-8-3-2-4-9-16/h2-13H,14-15H2,1H3. The van der Waals surface area contributed by atoms with Gasteiger partial charge in [-0.2, -0.15) is 13.2 Å². The zero-order valence-electron chi connectivity index (χ0n) is 14.8. The van der Waals surface area contributed by atoms with Gasteiger partial charge in [0.15, 0.2) is 0 Å². The van der Waals surface area contributed by atoms with E-state index < -0.39 is 11.7 Å². The van der Waals surface area contributed by atoms with Gasteiger partial charge in [0.25, 0.3) is 5.91 Å². The maximum absolute atomic E-state index is 13.2. The lowest BCUT2D eigenvalue weighted by Gasteiger charge is -2.21. The highest BCUT2D eigenvalue weighted by atomic mass is 19.4. The molecule has 1 aromatic heterocycles. The molecule has 0 atom stereocenters. The molecule has 3 aromatic rings. The SMILES string of the molecule is CN(Cc1ccccc1C(F)(F)F)C(=O)c1cccn1Cc1ccccc1. The van der Waals surface area contributed by atoms with E-state index in [4.69, 9.17) is 0 Å². The molecular weight excluding hydrogens is 353 g/mol. The minimum atomic E-state index is -4.45. The Bertz CT molecular complexity index is 916. The first-order valence-electron chi connectivity index (χ1n) is 8.46. The number of benzene rings is 2. The summed E-state index contributed by atoms with van der Waals surface area (Å²) >= 11 is 0. The Morgan fingerprint density at radius 3 is 2.33 bits per heavy atom. The molecule has 1 amide bonds. The van der Waals surface area contributed by atoms with Crippen LogP contribution in [-0.4, -0.2) is 22.4 Å². The van der Waals surface area contributed by atoms with Crippen molar-refractivity contribution in [2.45, 2.75) is 19.3 Å². The summed E-state index contributed by atoms with van der Waals surface area (Å²) in [5, 5.41) is 0. The highest BCUT2D eigenvalue weighted by molar-refractivity contribution is 5.92. The van der Waals surface area contributed by atoms with Gasteiger partial charge in [0.2, 0.25) is 0 Å². The summed E-state index contributed by atoms with van der Waals surface area (Å²) in [6, 6.07) is 18.4. The van der Waals surface area contributed by atoms with Crippen molar-refractivity contribution >= 4 is 5.91 Å². The Morgan fingerprint density at radius 1 is 0.963 bits per heavy atom. The molecule has 0 radical (unpaired) electrons. The summed E-state index contributed by atoms with van der Waals surface area (Å²) in [5.74, 6) is -0.326. The number of nitrogens with zero attached hydrogens (tertiary/aromatic N) is 2. The van der Waals surface area contributed by atoms with Gasteiger partial charge in [-0.1, -0.05) is 48.5 Å². The Balaban J connectivity index is 1.79. The summed E-state index contributed by atoms with van der Waals surface area (Å²) in [5.41, 5.74) is 0.824. The van der Waals surface area contributed by atoms with Crippen LogP contribution in [0.25, 0.3) is 0 Å². The van der Waals surface area contributed by atoms with Crippen molar-refractivity contribution in [3.05, 3.63) is 95.3 Å². The van der Waals surface area contributed by atoms with Crippen LogP contribution in [-0.2, 0) is 19.3 Å². The Kier molecular flexibility index (Phi) is 5.35. The van der Waals surface area contributed by atoms with E-state index in [0.29, 0.717) is 12.2 Å². The number of hydrogen-bond acceptors (Lipinski definition) is 1.